The number of hydrogen-bond acceptors (Lipinski definition) is 4. The standard InChI is InChI=1S/C17H18ClNO3/c18-15-7-12(8-16-17(15)22-6-5-21-16)9-19-10-13-3-1-2-4-14(13)11-20/h1-4,7-8,19-20H,5-6,9-11H2. The molecule has 3 rings (SSSR count). The molecule has 0 fully saturated rings. The zero-order valence-corrected chi connectivity index (χ0v) is 12.9. The lowest BCUT2D eigenvalue weighted by Crippen LogP contribution is -2.17. The first-order chi connectivity index (χ1) is 10.8. The van der Waals surface area contributed by atoms with Crippen LogP contribution in [-0.2, 0) is 19.7 Å². The van der Waals surface area contributed by atoms with Gasteiger partial charge < -0.3 is 19.9 Å². The fourth-order valence-electron chi connectivity index (χ4n) is 2.49. The van der Waals surface area contributed by atoms with E-state index in [-0.39, 0.29) is 6.61 Å². The first-order valence-electron chi connectivity index (χ1n) is 7.24. The van der Waals surface area contributed by atoms with Gasteiger partial charge in [0.1, 0.15) is 13.2 Å². The van der Waals surface area contributed by atoms with Gasteiger partial charge in [-0.2, -0.15) is 0 Å². The van der Waals surface area contributed by atoms with E-state index in [9.17, 15) is 5.11 Å². The monoisotopic (exact) mass is 319 g/mol. The van der Waals surface area contributed by atoms with Crippen LogP contribution in [-0.4, -0.2) is 18.3 Å². The Labute approximate surface area is 134 Å². The molecule has 22 heavy (non-hydrogen) atoms. The molecule has 0 aliphatic carbocycles. The van der Waals surface area contributed by atoms with Gasteiger partial charge in [-0.1, -0.05) is 35.9 Å². The maximum absolute atomic E-state index is 9.33. The highest BCUT2D eigenvalue weighted by Gasteiger charge is 2.16. The molecule has 5 heteroatoms. The third kappa shape index (κ3) is 3.35. The van der Waals surface area contributed by atoms with Crippen LogP contribution >= 0.6 is 11.6 Å². The molecule has 0 saturated carbocycles. The van der Waals surface area contributed by atoms with E-state index in [1.54, 1.807) is 0 Å². The zero-order chi connectivity index (χ0) is 15.4. The summed E-state index contributed by atoms with van der Waals surface area (Å²) in [6.45, 7) is 2.47. The molecule has 1 heterocycles. The van der Waals surface area contributed by atoms with Gasteiger partial charge in [-0.3, -0.25) is 0 Å². The lowest BCUT2D eigenvalue weighted by Gasteiger charge is -2.20. The first kappa shape index (κ1) is 15.2. The lowest BCUT2D eigenvalue weighted by molar-refractivity contribution is 0.171. The van der Waals surface area contributed by atoms with E-state index in [1.807, 2.05) is 36.4 Å². The second kappa shape index (κ2) is 7.01. The van der Waals surface area contributed by atoms with Gasteiger partial charge in [0.2, 0.25) is 0 Å². The van der Waals surface area contributed by atoms with Gasteiger partial charge in [0.05, 0.1) is 11.6 Å². The molecule has 1 aliphatic rings. The Morgan fingerprint density at radius 1 is 1.05 bits per heavy atom. The van der Waals surface area contributed by atoms with Crippen LogP contribution in [0.2, 0.25) is 5.02 Å². The summed E-state index contributed by atoms with van der Waals surface area (Å²) in [5, 5.41) is 13.3. The number of aliphatic hydroxyl groups excluding tert-OH is 1. The van der Waals surface area contributed by atoms with E-state index in [2.05, 4.69) is 5.32 Å². The van der Waals surface area contributed by atoms with E-state index >= 15 is 0 Å². The topological polar surface area (TPSA) is 50.7 Å². The van der Waals surface area contributed by atoms with Crippen molar-refractivity contribution in [3.8, 4) is 11.5 Å². The van der Waals surface area contributed by atoms with Crippen LogP contribution < -0.4 is 14.8 Å². The van der Waals surface area contributed by atoms with Crippen LogP contribution in [0.5, 0.6) is 11.5 Å². The number of fused-ring (bicyclic) bond motifs is 1. The van der Waals surface area contributed by atoms with E-state index < -0.39 is 0 Å². The predicted molar refractivity (Wildman–Crippen MR) is 85.4 cm³/mol. The molecule has 2 N–H and O–H groups in total. The molecule has 0 aromatic heterocycles. The largest absolute Gasteiger partial charge is 0.486 e. The molecule has 2 aromatic rings. The summed E-state index contributed by atoms with van der Waals surface area (Å²) in [7, 11) is 0. The second-order valence-electron chi connectivity index (χ2n) is 5.13. The van der Waals surface area contributed by atoms with Crippen molar-refractivity contribution >= 4 is 11.6 Å². The number of benzene rings is 2. The minimum absolute atomic E-state index is 0.0493. The SMILES string of the molecule is OCc1ccccc1CNCc1cc(Cl)c2c(c1)OCCO2. The molecule has 0 radical (unpaired) electrons. The molecule has 2 aromatic carbocycles. The summed E-state index contributed by atoms with van der Waals surface area (Å²) in [6, 6.07) is 11.7. The van der Waals surface area contributed by atoms with Crippen molar-refractivity contribution < 1.29 is 14.6 Å². The molecule has 0 amide bonds. The summed E-state index contributed by atoms with van der Waals surface area (Å²) in [5.41, 5.74) is 3.07. The van der Waals surface area contributed by atoms with Gasteiger partial charge in [0, 0.05) is 13.1 Å². The van der Waals surface area contributed by atoms with Gasteiger partial charge in [0.25, 0.3) is 0 Å². The molecule has 0 unspecified atom stereocenters. The van der Waals surface area contributed by atoms with Crippen molar-refractivity contribution in [3.63, 3.8) is 0 Å². The van der Waals surface area contributed by atoms with E-state index in [0.717, 1.165) is 16.7 Å². The summed E-state index contributed by atoms with van der Waals surface area (Å²) < 4.78 is 11.1. The molecule has 1 aliphatic heterocycles. The summed E-state index contributed by atoms with van der Waals surface area (Å²) in [6.07, 6.45) is 0. The summed E-state index contributed by atoms with van der Waals surface area (Å²) in [4.78, 5) is 0. The van der Waals surface area contributed by atoms with Crippen LogP contribution in [0.4, 0.5) is 0 Å². The van der Waals surface area contributed by atoms with E-state index in [1.165, 1.54) is 0 Å². The fraction of sp³-hybridized carbons (Fsp3) is 0.294. The normalized spacial score (nSPS) is 13.2. The van der Waals surface area contributed by atoms with Gasteiger partial charge in [-0.15, -0.1) is 0 Å². The Bertz CT molecular complexity index is 660. The van der Waals surface area contributed by atoms with Crippen molar-refractivity contribution in [1.82, 2.24) is 5.32 Å². The number of nitrogens with one attached hydrogen (secondary N) is 1. The van der Waals surface area contributed by atoms with Crippen LogP contribution in [0.1, 0.15) is 16.7 Å². The van der Waals surface area contributed by atoms with Gasteiger partial charge in [-0.25, -0.2) is 0 Å². The summed E-state index contributed by atoms with van der Waals surface area (Å²) >= 11 is 6.23. The van der Waals surface area contributed by atoms with Crippen molar-refractivity contribution in [2.24, 2.45) is 0 Å². The van der Waals surface area contributed by atoms with Crippen molar-refractivity contribution in [3.05, 3.63) is 58.1 Å². The van der Waals surface area contributed by atoms with E-state index in [4.69, 9.17) is 21.1 Å². The minimum atomic E-state index is 0.0493. The Morgan fingerprint density at radius 2 is 1.82 bits per heavy atom. The first-order valence-corrected chi connectivity index (χ1v) is 7.62. The number of rotatable bonds is 5. The Morgan fingerprint density at radius 3 is 2.64 bits per heavy atom. The quantitative estimate of drug-likeness (QED) is 0.889. The average Bonchev–Trinajstić information content (AvgIpc) is 2.55. The highest BCUT2D eigenvalue weighted by Crippen LogP contribution is 2.38. The zero-order valence-electron chi connectivity index (χ0n) is 12.1. The molecular formula is C17H18ClNO3. The Balaban J connectivity index is 1.65. The van der Waals surface area contributed by atoms with Gasteiger partial charge in [-0.05, 0) is 28.8 Å². The molecular weight excluding hydrogens is 302 g/mol. The third-order valence-corrected chi connectivity index (χ3v) is 3.87. The Hall–Kier alpha value is -1.75. The molecule has 0 spiro atoms. The van der Waals surface area contributed by atoms with Gasteiger partial charge in [0.15, 0.2) is 11.5 Å². The van der Waals surface area contributed by atoms with Gasteiger partial charge >= 0.3 is 0 Å². The fourth-order valence-corrected chi connectivity index (χ4v) is 2.78. The lowest BCUT2D eigenvalue weighted by atomic mass is 10.1. The highest BCUT2D eigenvalue weighted by atomic mass is 35.5. The Kier molecular flexibility index (Phi) is 4.83. The number of ether oxygens (including phenoxy) is 2. The van der Waals surface area contributed by atoms with E-state index in [0.29, 0.717) is 42.8 Å². The maximum atomic E-state index is 9.33. The second-order valence-corrected chi connectivity index (χ2v) is 5.54. The molecule has 0 atom stereocenters. The molecule has 0 saturated heterocycles. The molecule has 4 nitrogen and oxygen atoms in total. The van der Waals surface area contributed by atoms with Crippen molar-refractivity contribution in [2.45, 2.75) is 19.7 Å². The molecule has 116 valence electrons. The minimum Gasteiger partial charge on any atom is -0.486 e. The number of aliphatic hydroxyl groups is 1. The van der Waals surface area contributed by atoms with Crippen LogP contribution in [0.15, 0.2) is 36.4 Å². The number of hydrogen-bond donors (Lipinski definition) is 2. The third-order valence-electron chi connectivity index (χ3n) is 3.59. The van der Waals surface area contributed by atoms with Crippen LogP contribution in [0.25, 0.3) is 0 Å². The average molecular weight is 320 g/mol. The number of halogens is 1. The van der Waals surface area contributed by atoms with Crippen LogP contribution in [0, 0.1) is 0 Å². The predicted octanol–water partition coefficient (Wildman–Crippen LogP) is 2.89. The maximum Gasteiger partial charge on any atom is 0.179 e. The van der Waals surface area contributed by atoms with Crippen molar-refractivity contribution in [2.75, 3.05) is 13.2 Å². The molecule has 0 bridgehead atoms. The van der Waals surface area contributed by atoms with Crippen molar-refractivity contribution in [1.29, 1.82) is 0 Å². The summed E-state index contributed by atoms with van der Waals surface area (Å²) in [5.74, 6) is 1.33. The van der Waals surface area contributed by atoms with Crippen LogP contribution in [0.3, 0.4) is 0 Å². The smallest absolute Gasteiger partial charge is 0.179 e. The highest BCUT2D eigenvalue weighted by molar-refractivity contribution is 6.32.